The van der Waals surface area contributed by atoms with Gasteiger partial charge in [-0.3, -0.25) is 14.6 Å². The number of amides is 2. The summed E-state index contributed by atoms with van der Waals surface area (Å²) in [5, 5.41) is 5.36. The predicted molar refractivity (Wildman–Crippen MR) is 84.3 cm³/mol. The number of pyridine rings is 1. The fourth-order valence-corrected chi connectivity index (χ4v) is 1.99. The second kappa shape index (κ2) is 8.56. The molecule has 0 bridgehead atoms. The third kappa shape index (κ3) is 5.36. The molecule has 0 saturated heterocycles. The summed E-state index contributed by atoms with van der Waals surface area (Å²) in [6, 6.07) is 13.4. The van der Waals surface area contributed by atoms with Crippen molar-refractivity contribution in [2.24, 2.45) is 0 Å². The van der Waals surface area contributed by atoms with E-state index in [1.807, 2.05) is 18.2 Å². The highest BCUT2D eigenvalue weighted by Crippen LogP contribution is 2.01. The molecular formula is C17H19N3O2. The predicted octanol–water partition coefficient (Wildman–Crippen LogP) is 1.56. The minimum Gasteiger partial charge on any atom is -0.355 e. The van der Waals surface area contributed by atoms with E-state index < -0.39 is 0 Å². The lowest BCUT2D eigenvalue weighted by Gasteiger charge is -2.07. The Morgan fingerprint density at radius 1 is 1.00 bits per heavy atom. The first-order valence-electron chi connectivity index (χ1n) is 7.24. The van der Waals surface area contributed by atoms with Crippen LogP contribution in [0.1, 0.15) is 22.3 Å². The van der Waals surface area contributed by atoms with E-state index >= 15 is 0 Å². The van der Waals surface area contributed by atoms with Crippen molar-refractivity contribution in [3.63, 3.8) is 0 Å². The first-order chi connectivity index (χ1) is 10.8. The maximum atomic E-state index is 11.7. The van der Waals surface area contributed by atoms with Gasteiger partial charge >= 0.3 is 0 Å². The summed E-state index contributed by atoms with van der Waals surface area (Å²) in [6.07, 6.45) is 4.85. The van der Waals surface area contributed by atoms with Crippen molar-refractivity contribution >= 4 is 11.8 Å². The number of aryl methyl sites for hydroxylation is 1. The standard InChI is InChI=1S/C17H19N3O2/c21-16(13-20-17(22)15-9-5-10-18-12-15)19-11-4-8-14-6-2-1-3-7-14/h1-3,5-7,9-10,12H,4,8,11,13H2,(H,19,21)(H,20,22). The molecule has 1 aromatic carbocycles. The molecule has 2 rings (SSSR count). The summed E-state index contributed by atoms with van der Waals surface area (Å²) in [5.74, 6) is -0.488. The van der Waals surface area contributed by atoms with E-state index in [1.165, 1.54) is 11.8 Å². The molecule has 0 aliphatic heterocycles. The van der Waals surface area contributed by atoms with Gasteiger partial charge in [0.25, 0.3) is 5.91 Å². The quantitative estimate of drug-likeness (QED) is 0.762. The highest BCUT2D eigenvalue weighted by Gasteiger charge is 2.07. The maximum Gasteiger partial charge on any atom is 0.253 e. The zero-order valence-corrected chi connectivity index (χ0v) is 12.3. The molecule has 5 nitrogen and oxygen atoms in total. The van der Waals surface area contributed by atoms with Crippen molar-refractivity contribution in [1.82, 2.24) is 15.6 Å². The molecule has 0 atom stereocenters. The third-order valence-corrected chi connectivity index (χ3v) is 3.14. The van der Waals surface area contributed by atoms with E-state index in [1.54, 1.807) is 18.3 Å². The van der Waals surface area contributed by atoms with Crippen LogP contribution in [0.4, 0.5) is 0 Å². The Hall–Kier alpha value is -2.69. The SMILES string of the molecule is O=C(CNC(=O)c1cccnc1)NCCCc1ccccc1. The number of rotatable bonds is 7. The highest BCUT2D eigenvalue weighted by atomic mass is 16.2. The van der Waals surface area contributed by atoms with E-state index in [0.717, 1.165) is 12.8 Å². The van der Waals surface area contributed by atoms with Gasteiger partial charge in [0.15, 0.2) is 0 Å². The van der Waals surface area contributed by atoms with E-state index in [0.29, 0.717) is 12.1 Å². The van der Waals surface area contributed by atoms with Crippen LogP contribution >= 0.6 is 0 Å². The molecule has 1 aromatic heterocycles. The van der Waals surface area contributed by atoms with Crippen LogP contribution in [0, 0.1) is 0 Å². The van der Waals surface area contributed by atoms with Crippen LogP contribution in [0.25, 0.3) is 0 Å². The van der Waals surface area contributed by atoms with Crippen molar-refractivity contribution in [3.05, 3.63) is 66.0 Å². The lowest BCUT2D eigenvalue weighted by molar-refractivity contribution is -0.120. The van der Waals surface area contributed by atoms with Crippen LogP contribution in [0.3, 0.4) is 0 Å². The first kappa shape index (κ1) is 15.7. The van der Waals surface area contributed by atoms with Gasteiger partial charge in [-0.15, -0.1) is 0 Å². The summed E-state index contributed by atoms with van der Waals surface area (Å²) in [4.78, 5) is 27.2. The van der Waals surface area contributed by atoms with Crippen molar-refractivity contribution < 1.29 is 9.59 Å². The van der Waals surface area contributed by atoms with Gasteiger partial charge in [-0.05, 0) is 30.5 Å². The molecule has 22 heavy (non-hydrogen) atoms. The number of aromatic nitrogens is 1. The first-order valence-corrected chi connectivity index (χ1v) is 7.24. The molecule has 0 aliphatic carbocycles. The van der Waals surface area contributed by atoms with E-state index in [2.05, 4.69) is 27.8 Å². The van der Waals surface area contributed by atoms with Crippen molar-refractivity contribution in [1.29, 1.82) is 0 Å². The van der Waals surface area contributed by atoms with E-state index in [9.17, 15) is 9.59 Å². The second-order valence-electron chi connectivity index (χ2n) is 4.86. The fraction of sp³-hybridized carbons (Fsp3) is 0.235. The number of nitrogens with one attached hydrogen (secondary N) is 2. The third-order valence-electron chi connectivity index (χ3n) is 3.14. The zero-order chi connectivity index (χ0) is 15.6. The summed E-state index contributed by atoms with van der Waals surface area (Å²) in [5.41, 5.74) is 1.70. The van der Waals surface area contributed by atoms with E-state index in [4.69, 9.17) is 0 Å². The van der Waals surface area contributed by atoms with Crippen LogP contribution in [0.15, 0.2) is 54.9 Å². The average molecular weight is 297 g/mol. The van der Waals surface area contributed by atoms with Crippen LogP contribution < -0.4 is 10.6 Å². The summed E-state index contributed by atoms with van der Waals surface area (Å²) in [7, 11) is 0. The summed E-state index contributed by atoms with van der Waals surface area (Å²) >= 11 is 0. The lowest BCUT2D eigenvalue weighted by Crippen LogP contribution is -2.37. The average Bonchev–Trinajstić information content (AvgIpc) is 2.58. The Balaban J connectivity index is 1.61. The van der Waals surface area contributed by atoms with Gasteiger partial charge in [0.05, 0.1) is 12.1 Å². The molecule has 0 aliphatic rings. The maximum absolute atomic E-state index is 11.7. The molecular weight excluding hydrogens is 278 g/mol. The van der Waals surface area contributed by atoms with Gasteiger partial charge < -0.3 is 10.6 Å². The molecule has 2 N–H and O–H groups in total. The smallest absolute Gasteiger partial charge is 0.253 e. The second-order valence-corrected chi connectivity index (χ2v) is 4.86. The van der Waals surface area contributed by atoms with Crippen LogP contribution in [0.5, 0.6) is 0 Å². The van der Waals surface area contributed by atoms with Crippen molar-refractivity contribution in [3.8, 4) is 0 Å². The molecule has 0 radical (unpaired) electrons. The molecule has 5 heteroatoms. The minimum atomic E-state index is -0.299. The molecule has 0 spiro atoms. The molecule has 1 heterocycles. The fourth-order valence-electron chi connectivity index (χ4n) is 1.99. The Labute approximate surface area is 129 Å². The van der Waals surface area contributed by atoms with Gasteiger partial charge in [0.1, 0.15) is 0 Å². The van der Waals surface area contributed by atoms with Crippen molar-refractivity contribution in [2.75, 3.05) is 13.1 Å². The summed E-state index contributed by atoms with van der Waals surface area (Å²) in [6.45, 7) is 0.565. The Morgan fingerprint density at radius 3 is 2.55 bits per heavy atom. The Bertz CT molecular complexity index is 600. The minimum absolute atomic E-state index is 0.0287. The van der Waals surface area contributed by atoms with Gasteiger partial charge in [0.2, 0.25) is 5.91 Å². The molecule has 114 valence electrons. The highest BCUT2D eigenvalue weighted by molar-refractivity contribution is 5.96. The topological polar surface area (TPSA) is 71.1 Å². The molecule has 0 saturated carbocycles. The number of carbonyl (C=O) groups is 2. The molecule has 2 amide bonds. The molecule has 0 fully saturated rings. The number of nitrogens with zero attached hydrogens (tertiary/aromatic N) is 1. The van der Waals surface area contributed by atoms with Crippen LogP contribution in [-0.2, 0) is 11.2 Å². The van der Waals surface area contributed by atoms with Gasteiger partial charge in [-0.25, -0.2) is 0 Å². The summed E-state index contributed by atoms with van der Waals surface area (Å²) < 4.78 is 0. The monoisotopic (exact) mass is 297 g/mol. The number of hydrogen-bond donors (Lipinski definition) is 2. The van der Waals surface area contributed by atoms with Gasteiger partial charge in [0, 0.05) is 18.9 Å². The Morgan fingerprint density at radius 2 is 1.82 bits per heavy atom. The zero-order valence-electron chi connectivity index (χ0n) is 12.3. The van der Waals surface area contributed by atoms with Gasteiger partial charge in [-0.2, -0.15) is 0 Å². The molecule has 2 aromatic rings. The van der Waals surface area contributed by atoms with Crippen LogP contribution in [0.2, 0.25) is 0 Å². The lowest BCUT2D eigenvalue weighted by atomic mass is 10.1. The normalized spacial score (nSPS) is 10.0. The van der Waals surface area contributed by atoms with E-state index in [-0.39, 0.29) is 18.4 Å². The largest absolute Gasteiger partial charge is 0.355 e. The van der Waals surface area contributed by atoms with Crippen molar-refractivity contribution in [2.45, 2.75) is 12.8 Å². The van der Waals surface area contributed by atoms with Gasteiger partial charge in [-0.1, -0.05) is 30.3 Å². The number of hydrogen-bond acceptors (Lipinski definition) is 3. The number of benzene rings is 1. The Kier molecular flexibility index (Phi) is 6.11. The molecule has 0 unspecified atom stereocenters. The number of carbonyl (C=O) groups excluding carboxylic acids is 2. The van der Waals surface area contributed by atoms with Crippen LogP contribution in [-0.4, -0.2) is 29.9 Å².